The molecule has 142 valence electrons. The third-order valence-electron chi connectivity index (χ3n) is 3.24. The molecular weight excluding hydrogens is 336 g/mol. The quantitative estimate of drug-likeness (QED) is 0.356. The van der Waals surface area contributed by atoms with Crippen molar-refractivity contribution in [2.24, 2.45) is 0 Å². The van der Waals surface area contributed by atoms with E-state index in [1.807, 2.05) is 0 Å². The van der Waals surface area contributed by atoms with E-state index in [0.717, 1.165) is 0 Å². The molecule has 0 spiro atoms. The summed E-state index contributed by atoms with van der Waals surface area (Å²) in [6, 6.07) is 6.90. The van der Waals surface area contributed by atoms with Gasteiger partial charge in [-0.15, -0.1) is 0 Å². The summed E-state index contributed by atoms with van der Waals surface area (Å²) in [5.74, 6) is -1.06. The predicted molar refractivity (Wildman–Crippen MR) is 97.0 cm³/mol. The molecule has 0 fully saturated rings. The summed E-state index contributed by atoms with van der Waals surface area (Å²) in [6.45, 7) is 14.6. The lowest BCUT2D eigenvalue weighted by molar-refractivity contribution is -0.177. The van der Waals surface area contributed by atoms with Crippen LogP contribution in [0.5, 0.6) is 0 Å². The van der Waals surface area contributed by atoms with E-state index in [1.54, 1.807) is 52.0 Å². The van der Waals surface area contributed by atoms with E-state index in [9.17, 15) is 9.59 Å². The zero-order chi connectivity index (χ0) is 19.7. The molecule has 0 amide bonds. The molecule has 0 N–H and O–H groups in total. The monoisotopic (exact) mass is 362 g/mol. The highest BCUT2D eigenvalue weighted by Gasteiger charge is 2.20. The van der Waals surface area contributed by atoms with Crippen molar-refractivity contribution in [3.63, 3.8) is 0 Å². The van der Waals surface area contributed by atoms with Crippen LogP contribution < -0.4 is 0 Å². The number of rotatable bonds is 10. The Bertz CT molecular complexity index is 590. The van der Waals surface area contributed by atoms with Crippen LogP contribution in [0.2, 0.25) is 0 Å². The van der Waals surface area contributed by atoms with Gasteiger partial charge in [-0.2, -0.15) is 0 Å². The highest BCUT2D eigenvalue weighted by Crippen LogP contribution is 2.25. The van der Waals surface area contributed by atoms with Gasteiger partial charge in [0.2, 0.25) is 12.6 Å². The number of benzene rings is 1. The number of hydrogen-bond donors (Lipinski definition) is 0. The smallest absolute Gasteiger partial charge is 0.335 e. The Morgan fingerprint density at radius 1 is 0.808 bits per heavy atom. The van der Waals surface area contributed by atoms with E-state index >= 15 is 0 Å². The minimum Gasteiger partial charge on any atom is -0.428 e. The molecule has 1 aromatic rings. The normalized spacial score (nSPS) is 12.8. The molecule has 6 heteroatoms. The van der Waals surface area contributed by atoms with Gasteiger partial charge >= 0.3 is 11.9 Å². The molecule has 0 aliphatic heterocycles. The molecule has 0 bridgehead atoms. The van der Waals surface area contributed by atoms with Gasteiger partial charge in [0.15, 0.2) is 0 Å². The Hall–Kier alpha value is -2.44. The molecule has 2 unspecified atom stereocenters. The second kappa shape index (κ2) is 10.5. The minimum absolute atomic E-state index is 0.287. The predicted octanol–water partition coefficient (Wildman–Crippen LogP) is 4.00. The first-order chi connectivity index (χ1) is 12.3. The molecule has 1 aromatic carbocycles. The molecule has 0 heterocycles. The average molecular weight is 362 g/mol. The lowest BCUT2D eigenvalue weighted by Gasteiger charge is -2.20. The third kappa shape index (κ3) is 6.46. The molecule has 0 aliphatic rings. The van der Waals surface area contributed by atoms with Gasteiger partial charge in [0.25, 0.3) is 0 Å². The van der Waals surface area contributed by atoms with Gasteiger partial charge in [-0.3, -0.25) is 0 Å². The van der Waals surface area contributed by atoms with Crippen LogP contribution in [0.1, 0.15) is 51.4 Å². The number of carbonyl (C=O) groups is 2. The highest BCUT2D eigenvalue weighted by atomic mass is 16.7. The van der Waals surface area contributed by atoms with Crippen molar-refractivity contribution in [2.45, 2.75) is 40.3 Å². The molecule has 1 rings (SSSR count). The van der Waals surface area contributed by atoms with Crippen LogP contribution >= 0.6 is 0 Å². The van der Waals surface area contributed by atoms with Crippen molar-refractivity contribution in [1.82, 2.24) is 0 Å². The topological polar surface area (TPSA) is 71.1 Å². The van der Waals surface area contributed by atoms with Gasteiger partial charge < -0.3 is 18.9 Å². The standard InChI is InChI=1S/C20H26O6/c1-7-23-19(25-17(21)13(3)4)15-9-11-16(12-10-15)20(24-8-2)26-18(22)14(5)6/h9-12,19-20H,3,5,7-8H2,1-2,4,6H3. The summed E-state index contributed by atoms with van der Waals surface area (Å²) < 4.78 is 21.5. The molecule has 0 aromatic heterocycles. The van der Waals surface area contributed by atoms with E-state index in [0.29, 0.717) is 24.3 Å². The van der Waals surface area contributed by atoms with Crippen molar-refractivity contribution in [1.29, 1.82) is 0 Å². The van der Waals surface area contributed by atoms with E-state index in [2.05, 4.69) is 13.2 Å². The minimum atomic E-state index is -0.846. The first-order valence-corrected chi connectivity index (χ1v) is 8.36. The van der Waals surface area contributed by atoms with Crippen LogP contribution in [0.15, 0.2) is 48.6 Å². The van der Waals surface area contributed by atoms with Crippen LogP contribution in [0.25, 0.3) is 0 Å². The molecule has 0 saturated carbocycles. The van der Waals surface area contributed by atoms with E-state index < -0.39 is 24.5 Å². The lowest BCUT2D eigenvalue weighted by Crippen LogP contribution is -2.16. The van der Waals surface area contributed by atoms with Gasteiger partial charge in [-0.05, 0) is 27.7 Å². The maximum atomic E-state index is 11.8. The fraction of sp³-hybridized carbons (Fsp3) is 0.400. The molecule has 6 nitrogen and oxygen atoms in total. The number of esters is 2. The van der Waals surface area contributed by atoms with Crippen molar-refractivity contribution in [2.75, 3.05) is 13.2 Å². The summed E-state index contributed by atoms with van der Waals surface area (Å²) in [5, 5.41) is 0. The zero-order valence-electron chi connectivity index (χ0n) is 15.7. The Morgan fingerprint density at radius 2 is 1.12 bits per heavy atom. The fourth-order valence-electron chi connectivity index (χ4n) is 1.91. The van der Waals surface area contributed by atoms with Crippen LogP contribution in [0, 0.1) is 0 Å². The Labute approximate surface area is 154 Å². The Kier molecular flexibility index (Phi) is 8.75. The summed E-state index contributed by atoms with van der Waals surface area (Å²) in [6.07, 6.45) is -1.69. The number of carbonyl (C=O) groups excluding carboxylic acids is 2. The lowest BCUT2D eigenvalue weighted by atomic mass is 10.1. The summed E-state index contributed by atoms with van der Waals surface area (Å²) in [4.78, 5) is 23.5. The molecular formula is C20H26O6. The van der Waals surface area contributed by atoms with Crippen LogP contribution in [-0.2, 0) is 28.5 Å². The van der Waals surface area contributed by atoms with E-state index in [-0.39, 0.29) is 11.1 Å². The van der Waals surface area contributed by atoms with Crippen molar-refractivity contribution in [3.8, 4) is 0 Å². The molecule has 0 saturated heterocycles. The highest BCUT2D eigenvalue weighted by molar-refractivity contribution is 5.87. The fourth-order valence-corrected chi connectivity index (χ4v) is 1.91. The Balaban J connectivity index is 2.97. The van der Waals surface area contributed by atoms with Crippen LogP contribution in [0.4, 0.5) is 0 Å². The first kappa shape index (κ1) is 21.6. The maximum Gasteiger partial charge on any atom is 0.335 e. The average Bonchev–Trinajstić information content (AvgIpc) is 2.60. The summed E-state index contributed by atoms with van der Waals surface area (Å²) in [7, 11) is 0. The second-order valence-electron chi connectivity index (χ2n) is 5.61. The van der Waals surface area contributed by atoms with Crippen LogP contribution in [0.3, 0.4) is 0 Å². The van der Waals surface area contributed by atoms with Crippen molar-refractivity contribution in [3.05, 3.63) is 59.7 Å². The van der Waals surface area contributed by atoms with Crippen LogP contribution in [-0.4, -0.2) is 25.2 Å². The molecule has 26 heavy (non-hydrogen) atoms. The summed E-state index contributed by atoms with van der Waals surface area (Å²) in [5.41, 5.74) is 1.86. The second-order valence-corrected chi connectivity index (χ2v) is 5.61. The van der Waals surface area contributed by atoms with Gasteiger partial charge in [0.1, 0.15) is 0 Å². The maximum absolute atomic E-state index is 11.8. The van der Waals surface area contributed by atoms with Gasteiger partial charge in [0.05, 0.1) is 0 Å². The third-order valence-corrected chi connectivity index (χ3v) is 3.24. The number of hydrogen-bond acceptors (Lipinski definition) is 6. The van der Waals surface area contributed by atoms with E-state index in [1.165, 1.54) is 0 Å². The number of ether oxygens (including phenoxy) is 4. The molecule has 0 aliphatic carbocycles. The summed E-state index contributed by atoms with van der Waals surface area (Å²) >= 11 is 0. The molecule has 0 radical (unpaired) electrons. The van der Waals surface area contributed by atoms with E-state index in [4.69, 9.17) is 18.9 Å². The van der Waals surface area contributed by atoms with Crippen molar-refractivity contribution >= 4 is 11.9 Å². The largest absolute Gasteiger partial charge is 0.428 e. The van der Waals surface area contributed by atoms with Gasteiger partial charge in [-0.1, -0.05) is 37.4 Å². The SMILES string of the molecule is C=C(C)C(=O)OC(OCC)c1ccc(C(OCC)OC(=O)C(=C)C)cc1. The first-order valence-electron chi connectivity index (χ1n) is 8.36. The van der Waals surface area contributed by atoms with Gasteiger partial charge in [-0.25, -0.2) is 9.59 Å². The van der Waals surface area contributed by atoms with Crippen molar-refractivity contribution < 1.29 is 28.5 Å². The zero-order valence-corrected chi connectivity index (χ0v) is 15.7. The van der Waals surface area contributed by atoms with Gasteiger partial charge in [0, 0.05) is 35.5 Å². The Morgan fingerprint density at radius 3 is 1.35 bits per heavy atom. The molecule has 2 atom stereocenters.